The molecule has 4 nitrogen and oxygen atoms in total. The molecule has 0 saturated carbocycles. The minimum Gasteiger partial charge on any atom is -0.381 e. The molecule has 1 rings (SSSR count). The second kappa shape index (κ2) is 15.6. The average molecular weight is 359 g/mol. The van der Waals surface area contributed by atoms with E-state index in [9.17, 15) is 4.79 Å². The van der Waals surface area contributed by atoms with Gasteiger partial charge in [-0.25, -0.2) is 0 Å². The van der Waals surface area contributed by atoms with Gasteiger partial charge in [0.1, 0.15) is 5.54 Å². The Labute approximate surface area is 158 Å². The molecule has 0 N–H and O–H groups in total. The lowest BCUT2D eigenvalue weighted by Gasteiger charge is -2.39. The molecule has 152 valence electrons. The van der Waals surface area contributed by atoms with Crippen molar-refractivity contribution in [3.8, 4) is 0 Å². The molecule has 1 amide bonds. The molecule has 1 fully saturated rings. The first-order chi connectivity index (χ1) is 12.0. The second-order valence-corrected chi connectivity index (χ2v) is 6.43. The van der Waals surface area contributed by atoms with Crippen LogP contribution in [0, 0.1) is 5.92 Å². The van der Waals surface area contributed by atoms with Crippen molar-refractivity contribution in [1.29, 1.82) is 0 Å². The third-order valence-electron chi connectivity index (χ3n) is 4.75. The lowest BCUT2D eigenvalue weighted by molar-refractivity contribution is -0.143. The summed E-state index contributed by atoms with van der Waals surface area (Å²) in [7, 11) is 2.09. The van der Waals surface area contributed by atoms with Crippen LogP contribution in [0.4, 0.5) is 0 Å². The van der Waals surface area contributed by atoms with Gasteiger partial charge in [-0.15, -0.1) is 0 Å². The summed E-state index contributed by atoms with van der Waals surface area (Å²) in [6, 6.07) is 0. The van der Waals surface area contributed by atoms with E-state index in [0.717, 1.165) is 58.5 Å². The van der Waals surface area contributed by atoms with Crippen molar-refractivity contribution < 1.29 is 9.53 Å². The maximum absolute atomic E-state index is 13.0. The molecule has 25 heavy (non-hydrogen) atoms. The van der Waals surface area contributed by atoms with E-state index >= 15 is 0 Å². The number of carbonyl (C=O) groups excluding carboxylic acids is 1. The zero-order chi connectivity index (χ0) is 19.9. The summed E-state index contributed by atoms with van der Waals surface area (Å²) >= 11 is 0. The number of carbonyl (C=O) groups is 1. The quantitative estimate of drug-likeness (QED) is 0.554. The third kappa shape index (κ3) is 8.08. The van der Waals surface area contributed by atoms with E-state index in [0.29, 0.717) is 11.8 Å². The number of likely N-dealkylation sites (tertiary alicyclic amines) is 1. The predicted octanol–water partition coefficient (Wildman–Crippen LogP) is 4.82. The molecule has 0 radical (unpaired) electrons. The van der Waals surface area contributed by atoms with Crippen molar-refractivity contribution >= 4 is 5.91 Å². The van der Waals surface area contributed by atoms with Gasteiger partial charge in [-0.1, -0.05) is 48.5 Å². The molecule has 0 aliphatic carbocycles. The summed E-state index contributed by atoms with van der Waals surface area (Å²) in [5.41, 5.74) is -0.264. The molecular weight excluding hydrogens is 312 g/mol. The Balaban J connectivity index is 0. The molecule has 1 saturated heterocycles. The summed E-state index contributed by atoms with van der Waals surface area (Å²) in [5.74, 6) is 0.705. The Hall–Kier alpha value is -0.610. The summed E-state index contributed by atoms with van der Waals surface area (Å²) in [6.45, 7) is 20.7. The molecule has 1 aliphatic heterocycles. The molecule has 2 atom stereocenters. The number of nitrogens with zero attached hydrogens (tertiary/aromatic N) is 2. The first-order valence-corrected chi connectivity index (χ1v) is 10.6. The van der Waals surface area contributed by atoms with Crippen LogP contribution in [-0.4, -0.2) is 61.1 Å². The van der Waals surface area contributed by atoms with Gasteiger partial charge in [0.2, 0.25) is 5.91 Å². The summed E-state index contributed by atoms with van der Waals surface area (Å²) < 4.78 is 5.62. The number of likely N-dealkylation sites (N-methyl/N-ethyl adjacent to an activating group) is 2. The van der Waals surface area contributed by atoms with Gasteiger partial charge in [-0.3, -0.25) is 9.69 Å². The van der Waals surface area contributed by atoms with Gasteiger partial charge in [0.15, 0.2) is 0 Å². The minimum atomic E-state index is -0.264. The number of hydrogen-bond acceptors (Lipinski definition) is 3. The maximum Gasteiger partial charge on any atom is 0.243 e. The van der Waals surface area contributed by atoms with Crippen LogP contribution in [0.25, 0.3) is 0 Å². The summed E-state index contributed by atoms with van der Waals surface area (Å²) in [5, 5.41) is 0. The fourth-order valence-corrected chi connectivity index (χ4v) is 3.39. The molecule has 1 aliphatic rings. The SMILES string of the molecule is CC.CC.CCCOCC(C)CN(CC)C(=O)C1(CC)CCCN1C. The zero-order valence-electron chi connectivity index (χ0n) is 18.7. The van der Waals surface area contributed by atoms with Crippen LogP contribution in [0.15, 0.2) is 0 Å². The Morgan fingerprint density at radius 1 is 1.20 bits per heavy atom. The Bertz CT molecular complexity index is 323. The van der Waals surface area contributed by atoms with Crippen molar-refractivity contribution in [2.45, 2.75) is 86.6 Å². The minimum absolute atomic E-state index is 0.264. The normalized spacial score (nSPS) is 20.8. The van der Waals surface area contributed by atoms with Crippen molar-refractivity contribution in [3.05, 3.63) is 0 Å². The van der Waals surface area contributed by atoms with Crippen LogP contribution in [0.3, 0.4) is 0 Å². The first kappa shape index (κ1) is 26.6. The van der Waals surface area contributed by atoms with Crippen molar-refractivity contribution in [2.24, 2.45) is 5.92 Å². The molecular formula is C21H46N2O2. The van der Waals surface area contributed by atoms with Gasteiger partial charge in [0.25, 0.3) is 0 Å². The van der Waals surface area contributed by atoms with Crippen molar-refractivity contribution in [3.63, 3.8) is 0 Å². The number of amides is 1. The molecule has 0 spiro atoms. The number of ether oxygens (including phenoxy) is 1. The molecule has 0 aromatic rings. The molecule has 0 aromatic heterocycles. The van der Waals surface area contributed by atoms with Crippen LogP contribution in [-0.2, 0) is 9.53 Å². The molecule has 2 unspecified atom stereocenters. The Morgan fingerprint density at radius 2 is 1.80 bits per heavy atom. The average Bonchev–Trinajstić information content (AvgIpc) is 3.04. The van der Waals surface area contributed by atoms with Crippen LogP contribution in [0.2, 0.25) is 0 Å². The first-order valence-electron chi connectivity index (χ1n) is 10.6. The zero-order valence-corrected chi connectivity index (χ0v) is 18.7. The van der Waals surface area contributed by atoms with Crippen LogP contribution < -0.4 is 0 Å². The Morgan fingerprint density at radius 3 is 2.20 bits per heavy atom. The van der Waals surface area contributed by atoms with Gasteiger partial charge in [0, 0.05) is 19.7 Å². The van der Waals surface area contributed by atoms with Crippen molar-refractivity contribution in [1.82, 2.24) is 9.80 Å². The smallest absolute Gasteiger partial charge is 0.243 e. The van der Waals surface area contributed by atoms with Gasteiger partial charge in [0.05, 0.1) is 6.61 Å². The largest absolute Gasteiger partial charge is 0.381 e. The predicted molar refractivity (Wildman–Crippen MR) is 110 cm³/mol. The lowest BCUT2D eigenvalue weighted by atomic mass is 9.91. The van der Waals surface area contributed by atoms with Crippen LogP contribution >= 0.6 is 0 Å². The van der Waals surface area contributed by atoms with Gasteiger partial charge < -0.3 is 9.64 Å². The van der Waals surface area contributed by atoms with Crippen LogP contribution in [0.1, 0.15) is 81.1 Å². The number of hydrogen-bond donors (Lipinski definition) is 0. The van der Waals surface area contributed by atoms with Crippen LogP contribution in [0.5, 0.6) is 0 Å². The van der Waals surface area contributed by atoms with E-state index < -0.39 is 0 Å². The van der Waals surface area contributed by atoms with E-state index in [4.69, 9.17) is 4.74 Å². The molecule has 1 heterocycles. The van der Waals surface area contributed by atoms with Gasteiger partial charge >= 0.3 is 0 Å². The highest BCUT2D eigenvalue weighted by Gasteiger charge is 2.45. The molecule has 0 aromatic carbocycles. The second-order valence-electron chi connectivity index (χ2n) is 6.43. The highest BCUT2D eigenvalue weighted by atomic mass is 16.5. The third-order valence-corrected chi connectivity index (χ3v) is 4.75. The van der Waals surface area contributed by atoms with Crippen molar-refractivity contribution in [2.75, 3.05) is 39.9 Å². The standard InChI is InChI=1S/C17H34N2O2.2C2H6/c1-6-12-21-14-15(4)13-19(8-3)16(20)17(7-2)10-9-11-18(17)5;2*1-2/h15H,6-14H2,1-5H3;2*1-2H3. The topological polar surface area (TPSA) is 32.8 Å². The number of rotatable bonds is 9. The van der Waals surface area contributed by atoms with E-state index in [1.807, 2.05) is 32.6 Å². The van der Waals surface area contributed by atoms with Gasteiger partial charge in [-0.2, -0.15) is 0 Å². The van der Waals surface area contributed by atoms with Gasteiger partial charge in [-0.05, 0) is 52.1 Å². The molecule has 0 bridgehead atoms. The molecule has 4 heteroatoms. The van der Waals surface area contributed by atoms with E-state index in [2.05, 4.69) is 39.6 Å². The fourth-order valence-electron chi connectivity index (χ4n) is 3.39. The monoisotopic (exact) mass is 358 g/mol. The van der Waals surface area contributed by atoms with E-state index in [1.54, 1.807) is 0 Å². The highest BCUT2D eigenvalue weighted by molar-refractivity contribution is 5.86. The summed E-state index contributed by atoms with van der Waals surface area (Å²) in [4.78, 5) is 17.3. The fraction of sp³-hybridized carbons (Fsp3) is 0.952. The van der Waals surface area contributed by atoms with E-state index in [1.165, 1.54) is 0 Å². The lowest BCUT2D eigenvalue weighted by Crippen LogP contribution is -2.55. The maximum atomic E-state index is 13.0. The highest BCUT2D eigenvalue weighted by Crippen LogP contribution is 2.33. The summed E-state index contributed by atoms with van der Waals surface area (Å²) in [6.07, 6.45) is 4.07. The Kier molecular flexibility index (Phi) is 16.6. The van der Waals surface area contributed by atoms with E-state index in [-0.39, 0.29) is 5.54 Å².